The maximum Gasteiger partial charge on any atom is 0.0209 e. The molecule has 2 rings (SSSR count). The number of rotatable bonds is 5. The van der Waals surface area contributed by atoms with Gasteiger partial charge < -0.3 is 4.90 Å². The molecule has 1 heteroatoms. The molecule has 0 unspecified atom stereocenters. The first-order valence-electron chi connectivity index (χ1n) is 6.32. The first kappa shape index (κ1) is 12.4. The van der Waals surface area contributed by atoms with Gasteiger partial charge in [-0.3, -0.25) is 0 Å². The molecule has 0 heterocycles. The Morgan fingerprint density at radius 3 is 2.17 bits per heavy atom. The minimum atomic E-state index is 1.04. The van der Waals surface area contributed by atoms with E-state index in [-0.39, 0.29) is 0 Å². The minimum absolute atomic E-state index is 1.04. The van der Waals surface area contributed by atoms with Gasteiger partial charge in [-0.1, -0.05) is 60.7 Å². The number of nitrogens with zero attached hydrogens (tertiary/aromatic N) is 1. The van der Waals surface area contributed by atoms with Crippen molar-refractivity contribution in [3.63, 3.8) is 0 Å². The van der Waals surface area contributed by atoms with Crippen LogP contribution in [0.5, 0.6) is 0 Å². The van der Waals surface area contributed by atoms with Crippen LogP contribution in [0.25, 0.3) is 6.08 Å². The zero-order valence-corrected chi connectivity index (χ0v) is 10.8. The van der Waals surface area contributed by atoms with Gasteiger partial charge in [0.25, 0.3) is 0 Å². The molecule has 0 amide bonds. The van der Waals surface area contributed by atoms with Crippen molar-refractivity contribution in [2.45, 2.75) is 6.42 Å². The summed E-state index contributed by atoms with van der Waals surface area (Å²) < 4.78 is 0. The smallest absolute Gasteiger partial charge is 0.0209 e. The average Bonchev–Trinajstić information content (AvgIpc) is 2.45. The van der Waals surface area contributed by atoms with Crippen molar-refractivity contribution in [1.82, 2.24) is 4.90 Å². The molecular formula is C17H19N. The van der Waals surface area contributed by atoms with E-state index < -0.39 is 0 Å². The molecule has 0 saturated carbocycles. The highest BCUT2D eigenvalue weighted by molar-refractivity contribution is 5.48. The van der Waals surface area contributed by atoms with Crippen LogP contribution in [0.4, 0.5) is 0 Å². The molecule has 0 aliphatic carbocycles. The van der Waals surface area contributed by atoms with Gasteiger partial charge in [-0.2, -0.15) is 0 Å². The third-order valence-corrected chi connectivity index (χ3v) is 2.92. The van der Waals surface area contributed by atoms with Gasteiger partial charge in [0.1, 0.15) is 0 Å². The SMILES string of the molecule is CN(/C=C/c1ccccc1)CCc1ccccc1. The summed E-state index contributed by atoms with van der Waals surface area (Å²) in [6.07, 6.45) is 5.36. The molecule has 92 valence electrons. The first-order valence-corrected chi connectivity index (χ1v) is 6.32. The second-order valence-corrected chi connectivity index (χ2v) is 4.44. The highest BCUT2D eigenvalue weighted by Crippen LogP contribution is 2.04. The lowest BCUT2D eigenvalue weighted by Gasteiger charge is -2.13. The lowest BCUT2D eigenvalue weighted by Crippen LogP contribution is -2.14. The fraction of sp³-hybridized carbons (Fsp3) is 0.176. The summed E-state index contributed by atoms with van der Waals surface area (Å²) >= 11 is 0. The summed E-state index contributed by atoms with van der Waals surface area (Å²) in [5.41, 5.74) is 2.63. The Kier molecular flexibility index (Phi) is 4.60. The van der Waals surface area contributed by atoms with E-state index in [0.717, 1.165) is 13.0 Å². The van der Waals surface area contributed by atoms with E-state index in [9.17, 15) is 0 Å². The van der Waals surface area contributed by atoms with Gasteiger partial charge in [0, 0.05) is 13.6 Å². The van der Waals surface area contributed by atoms with Crippen LogP contribution in [0, 0.1) is 0 Å². The van der Waals surface area contributed by atoms with Crippen molar-refractivity contribution in [1.29, 1.82) is 0 Å². The van der Waals surface area contributed by atoms with Crippen molar-refractivity contribution in [3.8, 4) is 0 Å². The van der Waals surface area contributed by atoms with Crippen molar-refractivity contribution in [2.24, 2.45) is 0 Å². The molecular weight excluding hydrogens is 218 g/mol. The molecule has 2 aromatic carbocycles. The lowest BCUT2D eigenvalue weighted by molar-refractivity contribution is 0.463. The summed E-state index contributed by atoms with van der Waals surface area (Å²) in [6, 6.07) is 21.0. The van der Waals surface area contributed by atoms with Crippen molar-refractivity contribution < 1.29 is 0 Å². The van der Waals surface area contributed by atoms with E-state index >= 15 is 0 Å². The molecule has 1 nitrogen and oxygen atoms in total. The van der Waals surface area contributed by atoms with Gasteiger partial charge in [-0.25, -0.2) is 0 Å². The van der Waals surface area contributed by atoms with E-state index in [1.807, 2.05) is 6.07 Å². The predicted molar refractivity (Wildman–Crippen MR) is 78.3 cm³/mol. The molecule has 0 bridgehead atoms. The van der Waals surface area contributed by atoms with Crippen LogP contribution in [0.1, 0.15) is 11.1 Å². The molecule has 0 aliphatic rings. The van der Waals surface area contributed by atoms with Gasteiger partial charge in [-0.15, -0.1) is 0 Å². The monoisotopic (exact) mass is 237 g/mol. The molecule has 0 radical (unpaired) electrons. The van der Waals surface area contributed by atoms with Crippen LogP contribution in [-0.2, 0) is 6.42 Å². The Labute approximate surface area is 109 Å². The highest BCUT2D eigenvalue weighted by Gasteiger charge is 1.94. The van der Waals surface area contributed by atoms with Crippen LogP contribution in [0.3, 0.4) is 0 Å². The molecule has 18 heavy (non-hydrogen) atoms. The van der Waals surface area contributed by atoms with E-state index in [1.54, 1.807) is 0 Å². The zero-order chi connectivity index (χ0) is 12.6. The molecule has 2 aromatic rings. The van der Waals surface area contributed by atoms with Gasteiger partial charge in [-0.05, 0) is 29.8 Å². The summed E-state index contributed by atoms with van der Waals surface area (Å²) in [5, 5.41) is 0. The average molecular weight is 237 g/mol. The molecule has 0 atom stereocenters. The fourth-order valence-electron chi connectivity index (χ4n) is 1.80. The number of likely N-dealkylation sites (N-methyl/N-ethyl adjacent to an activating group) is 1. The topological polar surface area (TPSA) is 3.24 Å². The van der Waals surface area contributed by atoms with Crippen LogP contribution in [0.15, 0.2) is 66.9 Å². The van der Waals surface area contributed by atoms with Gasteiger partial charge in [0.15, 0.2) is 0 Å². The third kappa shape index (κ3) is 4.10. The quantitative estimate of drug-likeness (QED) is 0.764. The first-order chi connectivity index (χ1) is 8.84. The third-order valence-electron chi connectivity index (χ3n) is 2.92. The summed E-state index contributed by atoms with van der Waals surface area (Å²) in [5.74, 6) is 0. The fourth-order valence-corrected chi connectivity index (χ4v) is 1.80. The predicted octanol–water partition coefficient (Wildman–Crippen LogP) is 3.83. The Hall–Kier alpha value is -2.02. The molecule has 0 N–H and O–H groups in total. The van der Waals surface area contributed by atoms with Crippen molar-refractivity contribution in [2.75, 3.05) is 13.6 Å². The van der Waals surface area contributed by atoms with Gasteiger partial charge in [0.05, 0.1) is 0 Å². The molecule has 0 fully saturated rings. The van der Waals surface area contributed by atoms with Crippen LogP contribution in [-0.4, -0.2) is 18.5 Å². The summed E-state index contributed by atoms with van der Waals surface area (Å²) in [6.45, 7) is 1.04. The summed E-state index contributed by atoms with van der Waals surface area (Å²) in [7, 11) is 2.11. The Morgan fingerprint density at radius 1 is 0.889 bits per heavy atom. The standard InChI is InChI=1S/C17H19N/c1-18(14-12-16-8-4-2-5-9-16)15-13-17-10-6-3-7-11-17/h2-12,14H,13,15H2,1H3/b14-12+. The summed E-state index contributed by atoms with van der Waals surface area (Å²) in [4.78, 5) is 2.22. The van der Waals surface area contributed by atoms with Crippen molar-refractivity contribution in [3.05, 3.63) is 78.0 Å². The van der Waals surface area contributed by atoms with E-state index in [4.69, 9.17) is 0 Å². The van der Waals surface area contributed by atoms with E-state index in [0.29, 0.717) is 0 Å². The second-order valence-electron chi connectivity index (χ2n) is 4.44. The molecule has 0 aliphatic heterocycles. The second kappa shape index (κ2) is 6.65. The van der Waals surface area contributed by atoms with Crippen LogP contribution >= 0.6 is 0 Å². The highest BCUT2D eigenvalue weighted by atomic mass is 15.1. The molecule has 0 aromatic heterocycles. The maximum absolute atomic E-state index is 2.22. The minimum Gasteiger partial charge on any atom is -0.380 e. The largest absolute Gasteiger partial charge is 0.380 e. The number of benzene rings is 2. The molecule has 0 spiro atoms. The maximum atomic E-state index is 2.22. The molecule has 0 saturated heterocycles. The Morgan fingerprint density at radius 2 is 1.50 bits per heavy atom. The Bertz CT molecular complexity index is 473. The Balaban J connectivity index is 1.82. The van der Waals surface area contributed by atoms with Crippen molar-refractivity contribution >= 4 is 6.08 Å². The number of hydrogen-bond acceptors (Lipinski definition) is 1. The van der Waals surface area contributed by atoms with Gasteiger partial charge in [0.2, 0.25) is 0 Å². The lowest BCUT2D eigenvalue weighted by atomic mass is 10.1. The van der Waals surface area contributed by atoms with Gasteiger partial charge >= 0.3 is 0 Å². The normalized spacial score (nSPS) is 10.7. The van der Waals surface area contributed by atoms with Crippen LogP contribution in [0.2, 0.25) is 0 Å². The van der Waals surface area contributed by atoms with Crippen LogP contribution < -0.4 is 0 Å². The van der Waals surface area contributed by atoms with E-state index in [1.165, 1.54) is 11.1 Å². The van der Waals surface area contributed by atoms with E-state index in [2.05, 4.69) is 78.8 Å². The number of hydrogen-bond donors (Lipinski definition) is 0. The zero-order valence-electron chi connectivity index (χ0n) is 10.8.